The van der Waals surface area contributed by atoms with Gasteiger partial charge >= 0.3 is 0 Å². The van der Waals surface area contributed by atoms with Gasteiger partial charge in [0.15, 0.2) is 0 Å². The van der Waals surface area contributed by atoms with Crippen molar-refractivity contribution in [2.75, 3.05) is 13.7 Å². The van der Waals surface area contributed by atoms with Gasteiger partial charge < -0.3 is 4.74 Å². The summed E-state index contributed by atoms with van der Waals surface area (Å²) >= 11 is 0. The topological polar surface area (TPSA) is 9.23 Å². The molecule has 0 aliphatic rings. The molecule has 0 heterocycles. The summed E-state index contributed by atoms with van der Waals surface area (Å²) in [4.78, 5) is 0. The van der Waals surface area contributed by atoms with Gasteiger partial charge in [0.1, 0.15) is 0 Å². The number of methoxy groups -OCH3 is 1. The molecule has 0 atom stereocenters. The monoisotopic (exact) mass is 192 g/mol. The quantitative estimate of drug-likeness (QED) is 0.601. The lowest BCUT2D eigenvalue weighted by molar-refractivity contribution is 0.192. The average molecular weight is 192 g/mol. The maximum atomic E-state index is 5.01. The van der Waals surface area contributed by atoms with Gasteiger partial charge in [-0.15, -0.1) is 0 Å². The van der Waals surface area contributed by atoms with E-state index in [0.717, 1.165) is 6.61 Å². The second kappa shape index (κ2) is 7.57. The first-order valence-electron chi connectivity index (χ1n) is 5.46. The first-order valence-corrected chi connectivity index (χ1v) is 5.46. The largest absolute Gasteiger partial charge is 0.385 e. The third-order valence-electron chi connectivity index (χ3n) is 2.41. The Morgan fingerprint density at radius 2 is 1.64 bits per heavy atom. The first-order chi connectivity index (χ1) is 6.93. The molecule has 0 unspecified atom stereocenters. The van der Waals surface area contributed by atoms with Crippen molar-refractivity contribution >= 4 is 0 Å². The number of hydrogen-bond acceptors (Lipinski definition) is 1. The molecular weight excluding hydrogens is 172 g/mol. The summed E-state index contributed by atoms with van der Waals surface area (Å²) in [5, 5.41) is 0. The second-order valence-corrected chi connectivity index (χ2v) is 3.64. The van der Waals surface area contributed by atoms with Gasteiger partial charge in [0, 0.05) is 13.7 Å². The Morgan fingerprint density at radius 3 is 2.36 bits per heavy atom. The van der Waals surface area contributed by atoms with E-state index in [1.54, 1.807) is 7.11 Å². The molecule has 1 rings (SSSR count). The highest BCUT2D eigenvalue weighted by atomic mass is 16.5. The molecule has 0 radical (unpaired) electrons. The minimum Gasteiger partial charge on any atom is -0.385 e. The normalized spacial score (nSPS) is 10.4. The number of ether oxygens (including phenoxy) is 1. The smallest absolute Gasteiger partial charge is 0.0462 e. The van der Waals surface area contributed by atoms with Crippen molar-refractivity contribution in [3.05, 3.63) is 35.9 Å². The van der Waals surface area contributed by atoms with Crippen molar-refractivity contribution < 1.29 is 4.74 Å². The molecule has 1 aromatic carbocycles. The third-order valence-corrected chi connectivity index (χ3v) is 2.41. The van der Waals surface area contributed by atoms with Gasteiger partial charge in [-0.3, -0.25) is 0 Å². The Morgan fingerprint density at radius 1 is 0.929 bits per heavy atom. The van der Waals surface area contributed by atoms with Gasteiger partial charge in [0.2, 0.25) is 0 Å². The predicted molar refractivity (Wildman–Crippen MR) is 60.5 cm³/mol. The second-order valence-electron chi connectivity index (χ2n) is 3.64. The van der Waals surface area contributed by atoms with Crippen molar-refractivity contribution in [2.24, 2.45) is 0 Å². The van der Waals surface area contributed by atoms with E-state index in [9.17, 15) is 0 Å². The summed E-state index contributed by atoms with van der Waals surface area (Å²) in [7, 11) is 1.77. The molecule has 14 heavy (non-hydrogen) atoms. The van der Waals surface area contributed by atoms with Gasteiger partial charge in [0.05, 0.1) is 0 Å². The molecule has 0 aromatic heterocycles. The van der Waals surface area contributed by atoms with Crippen LogP contribution in [0.5, 0.6) is 0 Å². The molecule has 0 amide bonds. The van der Waals surface area contributed by atoms with Crippen LogP contribution in [0.25, 0.3) is 0 Å². The van der Waals surface area contributed by atoms with E-state index in [0.29, 0.717) is 0 Å². The van der Waals surface area contributed by atoms with Crippen LogP contribution in [0.15, 0.2) is 30.3 Å². The number of hydrogen-bond donors (Lipinski definition) is 0. The lowest BCUT2D eigenvalue weighted by atomic mass is 10.1. The van der Waals surface area contributed by atoms with Gasteiger partial charge in [-0.1, -0.05) is 43.2 Å². The van der Waals surface area contributed by atoms with E-state index in [-0.39, 0.29) is 0 Å². The van der Waals surface area contributed by atoms with Gasteiger partial charge in [0.25, 0.3) is 0 Å². The van der Waals surface area contributed by atoms with Crippen molar-refractivity contribution in [1.82, 2.24) is 0 Å². The highest BCUT2D eigenvalue weighted by molar-refractivity contribution is 5.14. The summed E-state index contributed by atoms with van der Waals surface area (Å²) in [6.45, 7) is 0.908. The van der Waals surface area contributed by atoms with Gasteiger partial charge in [-0.05, 0) is 24.8 Å². The van der Waals surface area contributed by atoms with Gasteiger partial charge in [-0.25, -0.2) is 0 Å². The van der Waals surface area contributed by atoms with Crippen LogP contribution in [0.1, 0.15) is 31.2 Å². The van der Waals surface area contributed by atoms with Crippen LogP contribution in [0.2, 0.25) is 0 Å². The number of rotatable bonds is 7. The Hall–Kier alpha value is -0.820. The zero-order valence-electron chi connectivity index (χ0n) is 9.04. The molecule has 78 valence electrons. The molecule has 0 bridgehead atoms. The summed E-state index contributed by atoms with van der Waals surface area (Å²) < 4.78 is 5.01. The molecule has 0 fully saturated rings. The molecule has 1 aromatic rings. The lowest BCUT2D eigenvalue weighted by Crippen LogP contribution is -1.89. The Bertz CT molecular complexity index is 218. The molecule has 0 aliphatic carbocycles. The molecule has 0 saturated carbocycles. The van der Waals surface area contributed by atoms with Crippen LogP contribution >= 0.6 is 0 Å². The fourth-order valence-electron chi connectivity index (χ4n) is 1.57. The summed E-state index contributed by atoms with van der Waals surface area (Å²) in [5.74, 6) is 0. The van der Waals surface area contributed by atoms with Crippen molar-refractivity contribution in [1.29, 1.82) is 0 Å². The van der Waals surface area contributed by atoms with Crippen LogP contribution < -0.4 is 0 Å². The zero-order valence-corrected chi connectivity index (χ0v) is 9.04. The first kappa shape index (κ1) is 11.3. The van der Waals surface area contributed by atoms with Crippen molar-refractivity contribution in [2.45, 2.75) is 32.1 Å². The Balaban J connectivity index is 1.99. The maximum Gasteiger partial charge on any atom is 0.0462 e. The van der Waals surface area contributed by atoms with E-state index in [2.05, 4.69) is 30.3 Å². The Kier molecular flexibility index (Phi) is 6.09. The van der Waals surface area contributed by atoms with Crippen LogP contribution in [0, 0.1) is 0 Å². The van der Waals surface area contributed by atoms with Crippen LogP contribution in [-0.4, -0.2) is 13.7 Å². The fourth-order valence-corrected chi connectivity index (χ4v) is 1.57. The third kappa shape index (κ3) is 5.03. The minimum absolute atomic E-state index is 0.908. The molecule has 0 N–H and O–H groups in total. The highest BCUT2D eigenvalue weighted by Crippen LogP contribution is 2.07. The number of benzene rings is 1. The Labute approximate surface area is 87.1 Å². The molecule has 0 spiro atoms. The standard InChI is InChI=1S/C13H20O/c1-14-12-8-3-2-5-9-13-10-6-4-7-11-13/h4,6-7,10-11H,2-3,5,8-9,12H2,1H3. The average Bonchev–Trinajstić information content (AvgIpc) is 2.25. The van der Waals surface area contributed by atoms with Crippen LogP contribution in [0.4, 0.5) is 0 Å². The lowest BCUT2D eigenvalue weighted by Gasteiger charge is -2.01. The van der Waals surface area contributed by atoms with Crippen molar-refractivity contribution in [3.63, 3.8) is 0 Å². The number of unbranched alkanes of at least 4 members (excludes halogenated alkanes) is 3. The van der Waals surface area contributed by atoms with Crippen LogP contribution in [0.3, 0.4) is 0 Å². The molecular formula is C13H20O. The highest BCUT2D eigenvalue weighted by Gasteiger charge is 1.92. The minimum atomic E-state index is 0.908. The van der Waals surface area contributed by atoms with Gasteiger partial charge in [-0.2, -0.15) is 0 Å². The maximum absolute atomic E-state index is 5.01. The summed E-state index contributed by atoms with van der Waals surface area (Å²) in [6.07, 6.45) is 6.33. The predicted octanol–water partition coefficient (Wildman–Crippen LogP) is 3.44. The SMILES string of the molecule is COCCCCCCc1ccccc1. The van der Waals surface area contributed by atoms with E-state index in [1.807, 2.05) is 0 Å². The van der Waals surface area contributed by atoms with Crippen molar-refractivity contribution in [3.8, 4) is 0 Å². The van der Waals surface area contributed by atoms with E-state index < -0.39 is 0 Å². The zero-order chi connectivity index (χ0) is 10.1. The molecule has 0 saturated heterocycles. The molecule has 1 heteroatoms. The fraction of sp³-hybridized carbons (Fsp3) is 0.538. The molecule has 1 nitrogen and oxygen atoms in total. The molecule has 0 aliphatic heterocycles. The summed E-state index contributed by atoms with van der Waals surface area (Å²) in [6, 6.07) is 10.7. The van der Waals surface area contributed by atoms with E-state index in [1.165, 1.54) is 37.7 Å². The van der Waals surface area contributed by atoms with E-state index in [4.69, 9.17) is 4.74 Å². The number of aryl methyl sites for hydroxylation is 1. The summed E-state index contributed by atoms with van der Waals surface area (Å²) in [5.41, 5.74) is 1.46. The van der Waals surface area contributed by atoms with E-state index >= 15 is 0 Å². The van der Waals surface area contributed by atoms with Crippen LogP contribution in [-0.2, 0) is 11.2 Å².